The van der Waals surface area contributed by atoms with Gasteiger partial charge in [0.1, 0.15) is 0 Å². The molecule has 0 amide bonds. The van der Waals surface area contributed by atoms with Crippen molar-refractivity contribution in [2.75, 3.05) is 0 Å². The summed E-state index contributed by atoms with van der Waals surface area (Å²) in [4.78, 5) is 10.8. The topological polar surface area (TPSA) is 17.1 Å². The maximum absolute atomic E-state index is 10.8. The van der Waals surface area contributed by atoms with E-state index >= 15 is 0 Å². The molecule has 0 unspecified atom stereocenters. The Morgan fingerprint density at radius 2 is 2.00 bits per heavy atom. The van der Waals surface area contributed by atoms with Crippen molar-refractivity contribution in [1.29, 1.82) is 0 Å². The number of aldehydes is 1. The molecule has 0 atom stereocenters. The molecule has 0 heterocycles. The molecule has 0 aliphatic rings. The Morgan fingerprint density at radius 1 is 1.29 bits per heavy atom. The van der Waals surface area contributed by atoms with Crippen LogP contribution in [-0.4, -0.2) is 6.29 Å². The van der Waals surface area contributed by atoms with Crippen molar-refractivity contribution in [1.82, 2.24) is 0 Å². The summed E-state index contributed by atoms with van der Waals surface area (Å²) in [7, 11) is 0. The average Bonchev–Trinajstić information content (AvgIpc) is 2.18. The molecule has 0 spiro atoms. The van der Waals surface area contributed by atoms with Crippen LogP contribution in [0.2, 0.25) is 5.02 Å². The molecule has 0 radical (unpaired) electrons. The van der Waals surface area contributed by atoms with Crippen molar-refractivity contribution >= 4 is 44.6 Å². The van der Waals surface area contributed by atoms with Gasteiger partial charge in [0.2, 0.25) is 0 Å². The third-order valence-corrected chi connectivity index (χ3v) is 3.26. The summed E-state index contributed by atoms with van der Waals surface area (Å²) >= 11 is 9.32. The number of carbonyl (C=O) groups excluding carboxylic acids is 1. The molecule has 3 heteroatoms. The van der Waals surface area contributed by atoms with Gasteiger partial charge in [-0.15, -0.1) is 0 Å². The zero-order valence-electron chi connectivity index (χ0n) is 7.13. The first kappa shape index (κ1) is 9.69. The van der Waals surface area contributed by atoms with Gasteiger partial charge in [-0.05, 0) is 32.8 Å². The summed E-state index contributed by atoms with van der Waals surface area (Å²) in [6, 6.07) is 9.57. The molecule has 2 rings (SSSR count). The van der Waals surface area contributed by atoms with E-state index in [2.05, 4.69) is 15.9 Å². The third-order valence-electron chi connectivity index (χ3n) is 2.09. The van der Waals surface area contributed by atoms with E-state index in [-0.39, 0.29) is 0 Å². The maximum Gasteiger partial charge on any atom is 0.152 e. The second-order valence-corrected chi connectivity index (χ2v) is 4.13. The van der Waals surface area contributed by atoms with Gasteiger partial charge in [-0.25, -0.2) is 0 Å². The number of fused-ring (bicyclic) bond motifs is 1. The summed E-state index contributed by atoms with van der Waals surface area (Å²) in [6.07, 6.45) is 0.763. The summed E-state index contributed by atoms with van der Waals surface area (Å²) in [5.41, 5.74) is 0.505. The zero-order valence-corrected chi connectivity index (χ0v) is 9.47. The Bertz CT molecular complexity index is 508. The van der Waals surface area contributed by atoms with Crippen molar-refractivity contribution in [3.63, 3.8) is 0 Å². The Morgan fingerprint density at radius 3 is 2.71 bits per heavy atom. The van der Waals surface area contributed by atoms with E-state index in [1.807, 2.05) is 24.3 Å². The summed E-state index contributed by atoms with van der Waals surface area (Å²) in [5.74, 6) is 0. The largest absolute Gasteiger partial charge is 0.298 e. The predicted molar refractivity (Wildman–Crippen MR) is 62.0 cm³/mol. The minimum absolute atomic E-state index is 0.477. The predicted octanol–water partition coefficient (Wildman–Crippen LogP) is 4.07. The standard InChI is InChI=1S/C11H6BrClO/c12-11-8-4-2-1-3-7(8)5-10(13)9(11)6-14/h1-6H. The minimum atomic E-state index is 0.477. The van der Waals surface area contributed by atoms with Crippen molar-refractivity contribution in [3.05, 3.63) is 45.4 Å². The number of hydrogen-bond donors (Lipinski definition) is 0. The number of rotatable bonds is 1. The van der Waals surface area contributed by atoms with Crippen LogP contribution in [0.25, 0.3) is 10.8 Å². The fraction of sp³-hybridized carbons (Fsp3) is 0. The summed E-state index contributed by atoms with van der Waals surface area (Å²) < 4.78 is 0.760. The molecule has 0 aliphatic heterocycles. The average molecular weight is 270 g/mol. The second-order valence-electron chi connectivity index (χ2n) is 2.93. The highest BCUT2D eigenvalue weighted by Gasteiger charge is 2.08. The second kappa shape index (κ2) is 3.71. The molecule has 0 saturated carbocycles. The zero-order chi connectivity index (χ0) is 10.1. The van der Waals surface area contributed by atoms with Gasteiger partial charge in [0, 0.05) is 10.0 Å². The highest BCUT2D eigenvalue weighted by atomic mass is 79.9. The van der Waals surface area contributed by atoms with Crippen LogP contribution < -0.4 is 0 Å². The lowest BCUT2D eigenvalue weighted by Gasteiger charge is -2.04. The van der Waals surface area contributed by atoms with Crippen LogP contribution in [0.4, 0.5) is 0 Å². The molecule has 14 heavy (non-hydrogen) atoms. The lowest BCUT2D eigenvalue weighted by atomic mass is 10.1. The fourth-order valence-corrected chi connectivity index (χ4v) is 2.43. The number of benzene rings is 2. The Hall–Kier alpha value is -0.860. The Kier molecular flexibility index (Phi) is 2.57. The van der Waals surface area contributed by atoms with E-state index in [1.54, 1.807) is 6.07 Å². The van der Waals surface area contributed by atoms with Gasteiger partial charge in [0.25, 0.3) is 0 Å². The van der Waals surface area contributed by atoms with Gasteiger partial charge >= 0.3 is 0 Å². The van der Waals surface area contributed by atoms with Gasteiger partial charge in [-0.1, -0.05) is 35.9 Å². The van der Waals surface area contributed by atoms with Gasteiger partial charge in [0.15, 0.2) is 6.29 Å². The lowest BCUT2D eigenvalue weighted by Crippen LogP contribution is -1.86. The maximum atomic E-state index is 10.8. The van der Waals surface area contributed by atoms with Crippen LogP contribution in [0.1, 0.15) is 10.4 Å². The van der Waals surface area contributed by atoms with Crippen molar-refractivity contribution in [2.24, 2.45) is 0 Å². The van der Waals surface area contributed by atoms with E-state index < -0.39 is 0 Å². The normalized spacial score (nSPS) is 10.4. The summed E-state index contributed by atoms with van der Waals surface area (Å²) in [5, 5.41) is 2.50. The monoisotopic (exact) mass is 268 g/mol. The Labute approximate surface area is 94.8 Å². The first-order valence-corrected chi connectivity index (χ1v) is 5.23. The van der Waals surface area contributed by atoms with Crippen LogP contribution in [0, 0.1) is 0 Å². The van der Waals surface area contributed by atoms with E-state index in [0.29, 0.717) is 10.6 Å². The van der Waals surface area contributed by atoms with Crippen LogP contribution in [-0.2, 0) is 0 Å². The molecular formula is C11H6BrClO. The molecule has 0 fully saturated rings. The first-order chi connectivity index (χ1) is 6.74. The minimum Gasteiger partial charge on any atom is -0.298 e. The number of hydrogen-bond acceptors (Lipinski definition) is 1. The van der Waals surface area contributed by atoms with Gasteiger partial charge in [-0.2, -0.15) is 0 Å². The number of halogens is 2. The molecule has 70 valence electrons. The van der Waals surface area contributed by atoms with Crippen LogP contribution in [0.5, 0.6) is 0 Å². The van der Waals surface area contributed by atoms with Crippen LogP contribution >= 0.6 is 27.5 Å². The molecule has 1 nitrogen and oxygen atoms in total. The van der Waals surface area contributed by atoms with E-state index in [9.17, 15) is 4.79 Å². The van der Waals surface area contributed by atoms with Crippen molar-refractivity contribution in [3.8, 4) is 0 Å². The lowest BCUT2D eigenvalue weighted by molar-refractivity contribution is 0.112. The molecule has 0 aromatic heterocycles. The molecule has 2 aromatic carbocycles. The van der Waals surface area contributed by atoms with E-state index in [4.69, 9.17) is 11.6 Å². The van der Waals surface area contributed by atoms with Gasteiger partial charge < -0.3 is 0 Å². The van der Waals surface area contributed by atoms with E-state index in [0.717, 1.165) is 21.5 Å². The molecular weight excluding hydrogens is 263 g/mol. The quantitative estimate of drug-likeness (QED) is 0.713. The first-order valence-electron chi connectivity index (χ1n) is 4.06. The van der Waals surface area contributed by atoms with Gasteiger partial charge in [-0.3, -0.25) is 4.79 Å². The molecule has 0 N–H and O–H groups in total. The third kappa shape index (κ3) is 1.45. The highest BCUT2D eigenvalue weighted by molar-refractivity contribution is 9.10. The van der Waals surface area contributed by atoms with Crippen LogP contribution in [0.3, 0.4) is 0 Å². The smallest absolute Gasteiger partial charge is 0.152 e. The van der Waals surface area contributed by atoms with Gasteiger partial charge in [0.05, 0.1) is 5.02 Å². The summed E-state index contributed by atoms with van der Waals surface area (Å²) in [6.45, 7) is 0. The highest BCUT2D eigenvalue weighted by Crippen LogP contribution is 2.31. The SMILES string of the molecule is O=Cc1c(Cl)cc2ccccc2c1Br. The Balaban J connectivity index is 2.92. The van der Waals surface area contributed by atoms with Crippen molar-refractivity contribution in [2.45, 2.75) is 0 Å². The molecule has 0 bridgehead atoms. The molecule has 0 saturated heterocycles. The van der Waals surface area contributed by atoms with E-state index in [1.165, 1.54) is 0 Å². The van der Waals surface area contributed by atoms with Crippen LogP contribution in [0.15, 0.2) is 34.8 Å². The fourth-order valence-electron chi connectivity index (χ4n) is 1.39. The molecule has 0 aliphatic carbocycles. The molecule has 2 aromatic rings. The van der Waals surface area contributed by atoms with Crippen molar-refractivity contribution < 1.29 is 4.79 Å². The number of carbonyl (C=O) groups is 1.